The molecule has 1 amide bonds. The molecule has 0 unspecified atom stereocenters. The maximum Gasteiger partial charge on any atom is 0.254 e. The number of halogens is 2. The number of nitrogens with one attached hydrogen (secondary N) is 1. The van der Waals surface area contributed by atoms with E-state index in [1.54, 1.807) is 13.2 Å². The highest BCUT2D eigenvalue weighted by molar-refractivity contribution is 9.10. The molecular formula is C19H21BrFN2O2+. The van der Waals surface area contributed by atoms with Gasteiger partial charge < -0.3 is 14.5 Å². The second-order valence-electron chi connectivity index (χ2n) is 6.19. The molecule has 0 spiro atoms. The molecule has 0 bridgehead atoms. The Hall–Kier alpha value is -1.92. The van der Waals surface area contributed by atoms with Gasteiger partial charge in [-0.3, -0.25) is 4.79 Å². The summed E-state index contributed by atoms with van der Waals surface area (Å²) in [5, 5.41) is 0. The van der Waals surface area contributed by atoms with E-state index in [4.69, 9.17) is 4.74 Å². The fourth-order valence-electron chi connectivity index (χ4n) is 3.16. The van der Waals surface area contributed by atoms with Gasteiger partial charge in [-0.2, -0.15) is 0 Å². The number of rotatable bonds is 4. The summed E-state index contributed by atoms with van der Waals surface area (Å²) in [5.74, 6) is 0.517. The average Bonchev–Trinajstić information content (AvgIpc) is 2.62. The van der Waals surface area contributed by atoms with Gasteiger partial charge in [0.1, 0.15) is 18.1 Å². The van der Waals surface area contributed by atoms with E-state index in [9.17, 15) is 9.18 Å². The summed E-state index contributed by atoms with van der Waals surface area (Å²) >= 11 is 3.40. The minimum absolute atomic E-state index is 0.0590. The molecule has 0 aliphatic carbocycles. The van der Waals surface area contributed by atoms with E-state index >= 15 is 0 Å². The van der Waals surface area contributed by atoms with Crippen molar-refractivity contribution < 1.29 is 18.8 Å². The SMILES string of the molecule is COc1ccc(F)cc1C[NH+]1CCN(C(=O)c2cccc(Br)c2)CC1. The third-order valence-corrected chi connectivity index (χ3v) is 5.01. The number of carbonyl (C=O) groups excluding carboxylic acids is 1. The van der Waals surface area contributed by atoms with Crippen LogP contribution >= 0.6 is 15.9 Å². The van der Waals surface area contributed by atoms with Gasteiger partial charge in [0.15, 0.2) is 0 Å². The first-order valence-corrected chi connectivity index (χ1v) is 9.07. The molecule has 2 aromatic carbocycles. The van der Waals surface area contributed by atoms with Crippen molar-refractivity contribution in [2.45, 2.75) is 6.54 Å². The molecule has 1 N–H and O–H groups in total. The number of nitrogens with zero attached hydrogens (tertiary/aromatic N) is 1. The van der Waals surface area contributed by atoms with Gasteiger partial charge in [0.2, 0.25) is 0 Å². The largest absolute Gasteiger partial charge is 0.496 e. The Balaban J connectivity index is 1.61. The Morgan fingerprint density at radius 2 is 2.00 bits per heavy atom. The molecule has 1 aliphatic rings. The summed E-state index contributed by atoms with van der Waals surface area (Å²) in [6.07, 6.45) is 0. The number of piperazine rings is 1. The van der Waals surface area contributed by atoms with Crippen LogP contribution in [0.2, 0.25) is 0 Å². The summed E-state index contributed by atoms with van der Waals surface area (Å²) in [6.45, 7) is 3.75. The van der Waals surface area contributed by atoms with Gasteiger partial charge in [0.05, 0.1) is 38.9 Å². The molecule has 2 aromatic rings. The van der Waals surface area contributed by atoms with Crippen molar-refractivity contribution >= 4 is 21.8 Å². The van der Waals surface area contributed by atoms with Crippen molar-refractivity contribution in [3.8, 4) is 5.75 Å². The number of quaternary nitrogens is 1. The number of amides is 1. The maximum absolute atomic E-state index is 13.5. The zero-order valence-electron chi connectivity index (χ0n) is 14.1. The van der Waals surface area contributed by atoms with E-state index in [0.717, 1.165) is 23.1 Å². The summed E-state index contributed by atoms with van der Waals surface area (Å²) in [7, 11) is 1.60. The molecule has 1 heterocycles. The number of carbonyl (C=O) groups is 1. The van der Waals surface area contributed by atoms with E-state index in [0.29, 0.717) is 30.9 Å². The molecule has 0 aromatic heterocycles. The van der Waals surface area contributed by atoms with E-state index in [1.807, 2.05) is 29.2 Å². The lowest BCUT2D eigenvalue weighted by Crippen LogP contribution is -3.13. The third kappa shape index (κ3) is 4.38. The van der Waals surface area contributed by atoms with Crippen LogP contribution in [0.1, 0.15) is 15.9 Å². The summed E-state index contributed by atoms with van der Waals surface area (Å²) in [6, 6.07) is 12.1. The summed E-state index contributed by atoms with van der Waals surface area (Å²) in [4.78, 5) is 15.8. The smallest absolute Gasteiger partial charge is 0.254 e. The Morgan fingerprint density at radius 1 is 1.24 bits per heavy atom. The number of ether oxygens (including phenoxy) is 1. The van der Waals surface area contributed by atoms with Crippen molar-refractivity contribution in [1.29, 1.82) is 0 Å². The van der Waals surface area contributed by atoms with Gasteiger partial charge in [-0.05, 0) is 36.4 Å². The molecule has 0 radical (unpaired) electrons. The Bertz CT molecular complexity index is 761. The normalized spacial score (nSPS) is 15.2. The van der Waals surface area contributed by atoms with Crippen molar-refractivity contribution in [2.75, 3.05) is 33.3 Å². The second-order valence-corrected chi connectivity index (χ2v) is 7.10. The van der Waals surface area contributed by atoms with Crippen LogP contribution in [0.5, 0.6) is 5.75 Å². The highest BCUT2D eigenvalue weighted by Gasteiger charge is 2.25. The lowest BCUT2D eigenvalue weighted by Gasteiger charge is -2.32. The van der Waals surface area contributed by atoms with Gasteiger partial charge >= 0.3 is 0 Å². The molecule has 25 heavy (non-hydrogen) atoms. The van der Waals surface area contributed by atoms with Crippen molar-refractivity contribution in [3.05, 3.63) is 63.9 Å². The topological polar surface area (TPSA) is 34.0 Å². The number of hydrogen-bond acceptors (Lipinski definition) is 2. The van der Waals surface area contributed by atoms with Crippen molar-refractivity contribution in [3.63, 3.8) is 0 Å². The third-order valence-electron chi connectivity index (χ3n) is 4.51. The van der Waals surface area contributed by atoms with Gasteiger partial charge in [-0.25, -0.2) is 4.39 Å². The maximum atomic E-state index is 13.5. The zero-order chi connectivity index (χ0) is 17.8. The van der Waals surface area contributed by atoms with Gasteiger partial charge in [0.25, 0.3) is 5.91 Å². The first kappa shape index (κ1) is 17.9. The van der Waals surface area contributed by atoms with Gasteiger partial charge in [0, 0.05) is 10.0 Å². The molecule has 4 nitrogen and oxygen atoms in total. The fraction of sp³-hybridized carbons (Fsp3) is 0.316. The second kappa shape index (κ2) is 7.97. The van der Waals surface area contributed by atoms with Crippen LogP contribution in [0, 0.1) is 5.82 Å². The van der Waals surface area contributed by atoms with E-state index in [1.165, 1.54) is 17.0 Å². The van der Waals surface area contributed by atoms with Crippen molar-refractivity contribution in [2.24, 2.45) is 0 Å². The van der Waals surface area contributed by atoms with E-state index < -0.39 is 0 Å². The van der Waals surface area contributed by atoms with Crippen molar-refractivity contribution in [1.82, 2.24) is 4.90 Å². The lowest BCUT2D eigenvalue weighted by molar-refractivity contribution is -0.917. The Kier molecular flexibility index (Phi) is 5.71. The Labute approximate surface area is 155 Å². The highest BCUT2D eigenvalue weighted by Crippen LogP contribution is 2.18. The molecule has 3 rings (SSSR count). The standard InChI is InChI=1S/C19H20BrFN2O2/c1-25-18-6-5-17(21)12-15(18)13-22-7-9-23(10-8-22)19(24)14-3-2-4-16(20)11-14/h2-6,11-12H,7-10,13H2,1H3/p+1. The zero-order valence-corrected chi connectivity index (χ0v) is 15.7. The molecule has 132 valence electrons. The molecule has 1 saturated heterocycles. The lowest BCUT2D eigenvalue weighted by atomic mass is 10.1. The predicted octanol–water partition coefficient (Wildman–Crippen LogP) is 2.14. The number of hydrogen-bond donors (Lipinski definition) is 1. The van der Waals surface area contributed by atoms with Crippen LogP contribution < -0.4 is 9.64 Å². The first-order valence-electron chi connectivity index (χ1n) is 8.27. The van der Waals surface area contributed by atoms with Gasteiger partial charge in [-0.1, -0.05) is 22.0 Å². The average molecular weight is 408 g/mol. The van der Waals surface area contributed by atoms with E-state index in [-0.39, 0.29) is 11.7 Å². The van der Waals surface area contributed by atoms with Crippen LogP contribution in [-0.4, -0.2) is 44.1 Å². The molecule has 1 fully saturated rings. The minimum atomic E-state index is -0.251. The van der Waals surface area contributed by atoms with Crippen LogP contribution in [0.25, 0.3) is 0 Å². The van der Waals surface area contributed by atoms with Crippen LogP contribution in [-0.2, 0) is 6.54 Å². The number of methoxy groups -OCH3 is 1. The minimum Gasteiger partial charge on any atom is -0.496 e. The number of benzene rings is 2. The highest BCUT2D eigenvalue weighted by atomic mass is 79.9. The molecular weight excluding hydrogens is 387 g/mol. The predicted molar refractivity (Wildman–Crippen MR) is 97.4 cm³/mol. The van der Waals surface area contributed by atoms with Crippen LogP contribution in [0.4, 0.5) is 4.39 Å². The summed E-state index contributed by atoms with van der Waals surface area (Å²) in [5.41, 5.74) is 1.56. The molecule has 1 aliphatic heterocycles. The molecule has 0 saturated carbocycles. The quantitative estimate of drug-likeness (QED) is 0.842. The van der Waals surface area contributed by atoms with Crippen LogP contribution in [0.15, 0.2) is 46.9 Å². The molecule has 0 atom stereocenters. The Morgan fingerprint density at radius 3 is 2.68 bits per heavy atom. The van der Waals surface area contributed by atoms with Crippen LogP contribution in [0.3, 0.4) is 0 Å². The monoisotopic (exact) mass is 407 g/mol. The van der Waals surface area contributed by atoms with E-state index in [2.05, 4.69) is 15.9 Å². The summed E-state index contributed by atoms with van der Waals surface area (Å²) < 4.78 is 19.7. The fourth-order valence-corrected chi connectivity index (χ4v) is 3.56. The van der Waals surface area contributed by atoms with Gasteiger partial charge in [-0.15, -0.1) is 0 Å². The molecule has 6 heteroatoms. The first-order chi connectivity index (χ1) is 12.1.